The van der Waals surface area contributed by atoms with E-state index in [2.05, 4.69) is 5.10 Å². The van der Waals surface area contributed by atoms with Crippen molar-refractivity contribution >= 4 is 18.0 Å². The van der Waals surface area contributed by atoms with Gasteiger partial charge >= 0.3 is 0 Å². The van der Waals surface area contributed by atoms with E-state index < -0.39 is 0 Å². The van der Waals surface area contributed by atoms with Crippen LogP contribution in [0.25, 0.3) is 0 Å². The summed E-state index contributed by atoms with van der Waals surface area (Å²) in [7, 11) is 2.95. The van der Waals surface area contributed by atoms with Gasteiger partial charge in [-0.2, -0.15) is 10.1 Å². The molecule has 2 aromatic rings. The number of hydrogen-bond donors (Lipinski definition) is 0. The van der Waals surface area contributed by atoms with Crippen molar-refractivity contribution in [3.05, 3.63) is 65.5 Å². The first-order valence-electron chi connectivity index (χ1n) is 10.7. The largest absolute Gasteiger partial charge is 0.493 e. The minimum Gasteiger partial charge on any atom is -0.493 e. The van der Waals surface area contributed by atoms with Crippen LogP contribution >= 0.6 is 0 Å². The zero-order chi connectivity index (χ0) is 23.1. The van der Waals surface area contributed by atoms with E-state index in [1.54, 1.807) is 30.3 Å². The van der Waals surface area contributed by atoms with Crippen molar-refractivity contribution in [1.29, 1.82) is 0 Å². The summed E-state index contributed by atoms with van der Waals surface area (Å²) < 4.78 is 30.6. The van der Waals surface area contributed by atoms with Gasteiger partial charge in [-0.15, -0.1) is 0 Å². The van der Waals surface area contributed by atoms with E-state index in [1.165, 1.54) is 26.5 Å². The molecule has 2 amide bonds. The fourth-order valence-electron chi connectivity index (χ4n) is 5.01. The monoisotopic (exact) mass is 450 g/mol. The minimum atomic E-state index is -0.368. The van der Waals surface area contributed by atoms with Crippen molar-refractivity contribution < 1.29 is 28.2 Å². The number of hydrazone groups is 1. The van der Waals surface area contributed by atoms with E-state index in [0.717, 1.165) is 11.4 Å². The number of allylic oxidation sites excluding steroid dienone is 2. The van der Waals surface area contributed by atoms with Crippen LogP contribution in [0.3, 0.4) is 0 Å². The lowest BCUT2D eigenvalue weighted by molar-refractivity contribution is -0.140. The quantitative estimate of drug-likeness (QED) is 0.366. The second-order valence-corrected chi connectivity index (χ2v) is 8.37. The molecule has 5 rings (SSSR count). The number of methoxy groups -OCH3 is 2. The summed E-state index contributed by atoms with van der Waals surface area (Å²) in [5, 5.41) is 5.19. The lowest BCUT2D eigenvalue weighted by Gasteiger charge is -2.16. The Morgan fingerprint density at radius 1 is 1.03 bits per heavy atom. The number of nitrogens with zero attached hydrogens (tertiary/aromatic N) is 2. The van der Waals surface area contributed by atoms with E-state index in [-0.39, 0.29) is 47.9 Å². The number of halogens is 1. The summed E-state index contributed by atoms with van der Waals surface area (Å²) in [5.41, 5.74) is 0.952. The maximum absolute atomic E-state index is 13.9. The highest BCUT2D eigenvalue weighted by atomic mass is 19.1. The van der Waals surface area contributed by atoms with Gasteiger partial charge in [-0.05, 0) is 36.5 Å². The van der Waals surface area contributed by atoms with Gasteiger partial charge < -0.3 is 14.2 Å². The fraction of sp³-hybridized carbons (Fsp3) is 0.320. The molecule has 1 saturated carbocycles. The Morgan fingerprint density at radius 2 is 1.64 bits per heavy atom. The van der Waals surface area contributed by atoms with Gasteiger partial charge in [0.05, 0.1) is 32.3 Å². The van der Waals surface area contributed by atoms with Crippen LogP contribution in [0.1, 0.15) is 17.5 Å². The number of amides is 2. The summed E-state index contributed by atoms with van der Waals surface area (Å²) >= 11 is 0. The molecule has 3 aliphatic rings. The molecular formula is C25H23FN2O5. The lowest BCUT2D eigenvalue weighted by Crippen LogP contribution is -2.28. The second kappa shape index (κ2) is 8.35. The predicted molar refractivity (Wildman–Crippen MR) is 117 cm³/mol. The minimum absolute atomic E-state index is 0.0112. The summed E-state index contributed by atoms with van der Waals surface area (Å²) in [4.78, 5) is 25.6. The van der Waals surface area contributed by atoms with Crippen LogP contribution < -0.4 is 14.2 Å². The van der Waals surface area contributed by atoms with Gasteiger partial charge in [0, 0.05) is 11.1 Å². The predicted octanol–water partition coefficient (Wildman–Crippen LogP) is 3.56. The number of carbonyl (C=O) groups excluding carboxylic acids is 2. The third kappa shape index (κ3) is 3.55. The van der Waals surface area contributed by atoms with Gasteiger partial charge in [0.1, 0.15) is 12.4 Å². The molecule has 0 aromatic heterocycles. The van der Waals surface area contributed by atoms with Gasteiger partial charge in [-0.3, -0.25) is 9.59 Å². The Labute approximate surface area is 190 Å². The molecule has 0 spiro atoms. The Balaban J connectivity index is 1.37. The zero-order valence-electron chi connectivity index (χ0n) is 18.2. The van der Waals surface area contributed by atoms with Crippen molar-refractivity contribution in [2.45, 2.75) is 13.0 Å². The van der Waals surface area contributed by atoms with Crippen LogP contribution in [-0.4, -0.2) is 37.3 Å². The molecule has 4 atom stereocenters. The number of carbonyl (C=O) groups is 2. The first-order valence-corrected chi connectivity index (χ1v) is 10.7. The highest BCUT2D eigenvalue weighted by molar-refractivity contribution is 6.06. The average molecular weight is 450 g/mol. The van der Waals surface area contributed by atoms with Crippen LogP contribution in [0.4, 0.5) is 4.39 Å². The van der Waals surface area contributed by atoms with Gasteiger partial charge in [0.15, 0.2) is 11.5 Å². The van der Waals surface area contributed by atoms with E-state index in [0.29, 0.717) is 28.4 Å². The molecular weight excluding hydrogens is 427 g/mol. The number of ether oxygens (including phenoxy) is 3. The Morgan fingerprint density at radius 3 is 2.21 bits per heavy atom. The standard InChI is InChI=1S/C25H23FN2O5/c1-31-19-9-14(10-20(32-2)23(19)33-13-17-5-3-4-6-18(17)26)12-27-28-24(29)21-15-7-8-16(11-15)22(21)25(28)30/h3-10,12,15-16,21-22H,11,13H2,1-2H3/t15-,16-,21-,22+/m0/s1. The van der Waals surface area contributed by atoms with E-state index in [4.69, 9.17) is 14.2 Å². The van der Waals surface area contributed by atoms with Crippen molar-refractivity contribution in [2.75, 3.05) is 14.2 Å². The Hall–Kier alpha value is -3.68. The zero-order valence-corrected chi connectivity index (χ0v) is 18.2. The molecule has 0 N–H and O–H groups in total. The highest BCUT2D eigenvalue weighted by Crippen LogP contribution is 2.52. The van der Waals surface area contributed by atoms with Gasteiger partial charge in [0.25, 0.3) is 11.8 Å². The van der Waals surface area contributed by atoms with Crippen LogP contribution in [-0.2, 0) is 16.2 Å². The molecule has 33 heavy (non-hydrogen) atoms. The molecule has 7 nitrogen and oxygen atoms in total. The van der Waals surface area contributed by atoms with E-state index >= 15 is 0 Å². The molecule has 2 fully saturated rings. The van der Waals surface area contributed by atoms with Crippen molar-refractivity contribution in [3.63, 3.8) is 0 Å². The van der Waals surface area contributed by atoms with E-state index in [1.807, 2.05) is 12.2 Å². The Kier molecular flexibility index (Phi) is 5.36. The third-order valence-electron chi connectivity index (χ3n) is 6.58. The number of hydrogen-bond acceptors (Lipinski definition) is 6. The summed E-state index contributed by atoms with van der Waals surface area (Å²) in [6, 6.07) is 9.64. The average Bonchev–Trinajstić information content (AvgIpc) is 3.51. The SMILES string of the molecule is COc1cc(C=NN2C(=O)[C@@H]3[C@H](C2=O)[C@H]2C=C[C@H]3C2)cc(OC)c1OCc1ccccc1F. The summed E-state index contributed by atoms with van der Waals surface area (Å²) in [5.74, 6) is -0.200. The van der Waals surface area contributed by atoms with Crippen LogP contribution in [0.2, 0.25) is 0 Å². The van der Waals surface area contributed by atoms with Gasteiger partial charge in [-0.1, -0.05) is 30.4 Å². The molecule has 170 valence electrons. The molecule has 8 heteroatoms. The number of benzene rings is 2. The summed E-state index contributed by atoms with van der Waals surface area (Å²) in [6.07, 6.45) is 6.38. The van der Waals surface area contributed by atoms with Crippen LogP contribution in [0, 0.1) is 29.5 Å². The molecule has 1 aliphatic heterocycles. The van der Waals surface area contributed by atoms with Crippen molar-refractivity contribution in [3.8, 4) is 17.2 Å². The van der Waals surface area contributed by atoms with Gasteiger partial charge in [-0.25, -0.2) is 4.39 Å². The Bertz CT molecular complexity index is 1120. The second-order valence-electron chi connectivity index (χ2n) is 8.37. The lowest BCUT2D eigenvalue weighted by atomic mass is 9.85. The van der Waals surface area contributed by atoms with Gasteiger partial charge in [0.2, 0.25) is 5.75 Å². The molecule has 2 aliphatic carbocycles. The van der Waals surface area contributed by atoms with Crippen LogP contribution in [0.15, 0.2) is 53.7 Å². The maximum atomic E-state index is 13.9. The third-order valence-corrected chi connectivity index (χ3v) is 6.58. The van der Waals surface area contributed by atoms with Crippen molar-refractivity contribution in [1.82, 2.24) is 5.01 Å². The van der Waals surface area contributed by atoms with Crippen molar-refractivity contribution in [2.24, 2.45) is 28.8 Å². The first kappa shape index (κ1) is 21.2. The smallest absolute Gasteiger partial charge is 0.254 e. The fourth-order valence-corrected chi connectivity index (χ4v) is 5.01. The normalized spacial score (nSPS) is 25.2. The molecule has 2 aromatic carbocycles. The van der Waals surface area contributed by atoms with E-state index in [9.17, 15) is 14.0 Å². The topological polar surface area (TPSA) is 77.4 Å². The maximum Gasteiger partial charge on any atom is 0.254 e. The molecule has 1 heterocycles. The summed E-state index contributed by atoms with van der Waals surface area (Å²) in [6.45, 7) is -0.0112. The van der Waals surface area contributed by atoms with Crippen LogP contribution in [0.5, 0.6) is 17.2 Å². The molecule has 0 radical (unpaired) electrons. The first-order chi connectivity index (χ1) is 16.0. The number of rotatable bonds is 7. The molecule has 0 unspecified atom stereocenters. The molecule has 1 saturated heterocycles. The number of imide groups is 1. The number of fused-ring (bicyclic) bond motifs is 5. The molecule has 2 bridgehead atoms. The highest BCUT2D eigenvalue weighted by Gasteiger charge is 2.59.